The number of benzene rings is 2. The summed E-state index contributed by atoms with van der Waals surface area (Å²) >= 11 is 0. The average molecular weight is 364 g/mol. The van der Waals surface area contributed by atoms with Gasteiger partial charge >= 0.3 is 0 Å². The third kappa shape index (κ3) is 4.56. The molecular weight excluding hydrogens is 340 g/mol. The molecule has 1 aliphatic rings. The summed E-state index contributed by atoms with van der Waals surface area (Å²) < 4.78 is 5.49. The van der Waals surface area contributed by atoms with Crippen molar-refractivity contribution in [3.05, 3.63) is 65.2 Å². The van der Waals surface area contributed by atoms with Crippen molar-refractivity contribution >= 4 is 23.6 Å². The molecule has 1 N–H and O–H groups in total. The van der Waals surface area contributed by atoms with Gasteiger partial charge in [0.15, 0.2) is 0 Å². The summed E-state index contributed by atoms with van der Waals surface area (Å²) in [7, 11) is 0. The van der Waals surface area contributed by atoms with Crippen LogP contribution in [0.1, 0.15) is 35.3 Å². The fraction of sp³-hybridized carbons (Fsp3) is 0.273. The minimum atomic E-state index is -0.237. The monoisotopic (exact) mass is 364 g/mol. The highest BCUT2D eigenvalue weighted by molar-refractivity contribution is 6.03. The first-order valence-electron chi connectivity index (χ1n) is 9.24. The van der Waals surface area contributed by atoms with E-state index in [9.17, 15) is 9.59 Å². The largest absolute Gasteiger partial charge is 0.493 e. The fourth-order valence-electron chi connectivity index (χ4n) is 3.09. The van der Waals surface area contributed by atoms with Crippen LogP contribution in [0, 0.1) is 0 Å². The van der Waals surface area contributed by atoms with E-state index in [1.54, 1.807) is 35.2 Å². The van der Waals surface area contributed by atoms with Gasteiger partial charge in [-0.05, 0) is 61.4 Å². The number of hydrogen-bond donors (Lipinski definition) is 1. The molecule has 0 radical (unpaired) electrons. The molecule has 0 unspecified atom stereocenters. The molecule has 140 valence electrons. The van der Waals surface area contributed by atoms with Gasteiger partial charge in [-0.3, -0.25) is 9.59 Å². The number of carbonyl (C=O) groups excluding carboxylic acids is 2. The second-order valence-electron chi connectivity index (χ2n) is 6.35. The zero-order valence-corrected chi connectivity index (χ0v) is 15.7. The lowest BCUT2D eigenvalue weighted by molar-refractivity contribution is -0.111. The molecule has 2 aromatic carbocycles. The number of nitrogens with one attached hydrogen (secondary N) is 1. The summed E-state index contributed by atoms with van der Waals surface area (Å²) in [5.74, 6) is 0.650. The second kappa shape index (κ2) is 8.54. The van der Waals surface area contributed by atoms with Crippen LogP contribution in [-0.2, 0) is 11.2 Å². The number of fused-ring (bicyclic) bond motifs is 1. The molecule has 0 atom stereocenters. The number of rotatable bonds is 6. The van der Waals surface area contributed by atoms with Gasteiger partial charge in [0.25, 0.3) is 5.91 Å². The summed E-state index contributed by atoms with van der Waals surface area (Å²) in [6.45, 7) is 5.91. The van der Waals surface area contributed by atoms with E-state index in [0.717, 1.165) is 17.7 Å². The van der Waals surface area contributed by atoms with Gasteiger partial charge in [0.1, 0.15) is 5.75 Å². The Morgan fingerprint density at radius 3 is 2.74 bits per heavy atom. The van der Waals surface area contributed by atoms with Crippen molar-refractivity contribution in [2.24, 2.45) is 0 Å². The average Bonchev–Trinajstić information content (AvgIpc) is 3.15. The van der Waals surface area contributed by atoms with Crippen molar-refractivity contribution in [1.82, 2.24) is 4.90 Å². The Kier molecular flexibility index (Phi) is 5.91. The molecule has 2 aromatic rings. The molecule has 0 saturated heterocycles. The Bertz CT molecular complexity index is 870. The van der Waals surface area contributed by atoms with Crippen molar-refractivity contribution in [2.45, 2.75) is 20.3 Å². The molecular formula is C22H24N2O3. The number of amides is 2. The van der Waals surface area contributed by atoms with Crippen LogP contribution in [0.2, 0.25) is 0 Å². The van der Waals surface area contributed by atoms with Gasteiger partial charge in [0, 0.05) is 36.8 Å². The zero-order chi connectivity index (χ0) is 19.2. The SMILES string of the molecule is CCN(CC)C(=O)c1cccc(NC(=O)/C=C/c2ccc3c(c2)CCO3)c1. The molecule has 5 heteroatoms. The van der Waals surface area contributed by atoms with Crippen molar-refractivity contribution < 1.29 is 14.3 Å². The van der Waals surface area contributed by atoms with E-state index >= 15 is 0 Å². The van der Waals surface area contributed by atoms with Crippen LogP contribution in [0.3, 0.4) is 0 Å². The fourth-order valence-corrected chi connectivity index (χ4v) is 3.09. The maximum atomic E-state index is 12.4. The molecule has 1 aliphatic heterocycles. The molecule has 3 rings (SSSR count). The van der Waals surface area contributed by atoms with E-state index in [1.165, 1.54) is 11.6 Å². The predicted molar refractivity (Wildman–Crippen MR) is 107 cm³/mol. The van der Waals surface area contributed by atoms with Gasteiger partial charge in [-0.2, -0.15) is 0 Å². The third-order valence-electron chi connectivity index (χ3n) is 4.57. The van der Waals surface area contributed by atoms with E-state index in [0.29, 0.717) is 30.9 Å². The smallest absolute Gasteiger partial charge is 0.253 e. The first-order valence-corrected chi connectivity index (χ1v) is 9.24. The molecule has 0 aliphatic carbocycles. The Morgan fingerprint density at radius 2 is 1.96 bits per heavy atom. The standard InChI is InChI=1S/C22H24N2O3/c1-3-24(4-2)22(26)18-6-5-7-19(15-18)23-21(25)11-9-16-8-10-20-17(14-16)12-13-27-20/h5-11,14-15H,3-4,12-13H2,1-2H3,(H,23,25)/b11-9+. The van der Waals surface area contributed by atoms with Crippen molar-refractivity contribution in [3.63, 3.8) is 0 Å². The summed E-state index contributed by atoms with van der Waals surface area (Å²) in [5, 5.41) is 2.81. The molecule has 5 nitrogen and oxygen atoms in total. The number of carbonyl (C=O) groups is 2. The minimum Gasteiger partial charge on any atom is -0.493 e. The quantitative estimate of drug-likeness (QED) is 0.794. The number of ether oxygens (including phenoxy) is 1. The van der Waals surface area contributed by atoms with Crippen LogP contribution in [0.25, 0.3) is 6.08 Å². The second-order valence-corrected chi connectivity index (χ2v) is 6.35. The highest BCUT2D eigenvalue weighted by atomic mass is 16.5. The van der Waals surface area contributed by atoms with Gasteiger partial charge in [-0.25, -0.2) is 0 Å². The summed E-state index contributed by atoms with van der Waals surface area (Å²) in [5.41, 5.74) is 3.30. The van der Waals surface area contributed by atoms with Gasteiger partial charge < -0.3 is 15.0 Å². The van der Waals surface area contributed by atoms with Crippen LogP contribution in [0.15, 0.2) is 48.5 Å². The molecule has 27 heavy (non-hydrogen) atoms. The Hall–Kier alpha value is -3.08. The minimum absolute atomic E-state index is 0.0352. The normalized spacial score (nSPS) is 12.5. The first-order chi connectivity index (χ1) is 13.1. The van der Waals surface area contributed by atoms with Crippen molar-refractivity contribution in [3.8, 4) is 5.75 Å². The number of anilines is 1. The Balaban J connectivity index is 1.65. The van der Waals surface area contributed by atoms with Crippen molar-refractivity contribution in [2.75, 3.05) is 25.0 Å². The number of hydrogen-bond acceptors (Lipinski definition) is 3. The zero-order valence-electron chi connectivity index (χ0n) is 15.7. The third-order valence-corrected chi connectivity index (χ3v) is 4.57. The van der Waals surface area contributed by atoms with Crippen LogP contribution in [-0.4, -0.2) is 36.4 Å². The van der Waals surface area contributed by atoms with Crippen LogP contribution in [0.4, 0.5) is 5.69 Å². The Morgan fingerprint density at radius 1 is 1.15 bits per heavy atom. The molecule has 0 aromatic heterocycles. The number of nitrogens with zero attached hydrogens (tertiary/aromatic N) is 1. The topological polar surface area (TPSA) is 58.6 Å². The van der Waals surface area contributed by atoms with Gasteiger partial charge in [-0.1, -0.05) is 12.1 Å². The highest BCUT2D eigenvalue weighted by Crippen LogP contribution is 2.26. The lowest BCUT2D eigenvalue weighted by atomic mass is 10.1. The van der Waals surface area contributed by atoms with Crippen LogP contribution >= 0.6 is 0 Å². The van der Waals surface area contributed by atoms with E-state index < -0.39 is 0 Å². The van der Waals surface area contributed by atoms with E-state index in [1.807, 2.05) is 32.0 Å². The molecule has 1 heterocycles. The molecule has 2 amide bonds. The van der Waals surface area contributed by atoms with Gasteiger partial charge in [0.05, 0.1) is 6.61 Å². The van der Waals surface area contributed by atoms with Crippen LogP contribution < -0.4 is 10.1 Å². The van der Waals surface area contributed by atoms with Crippen molar-refractivity contribution in [1.29, 1.82) is 0 Å². The summed E-state index contributed by atoms with van der Waals surface area (Å²) in [4.78, 5) is 26.4. The lowest BCUT2D eigenvalue weighted by Gasteiger charge is -2.18. The van der Waals surface area contributed by atoms with E-state index in [-0.39, 0.29) is 11.8 Å². The summed E-state index contributed by atoms with van der Waals surface area (Å²) in [6.07, 6.45) is 4.17. The maximum Gasteiger partial charge on any atom is 0.253 e. The maximum absolute atomic E-state index is 12.4. The van der Waals surface area contributed by atoms with E-state index in [2.05, 4.69) is 5.32 Å². The predicted octanol–water partition coefficient (Wildman–Crippen LogP) is 3.76. The lowest BCUT2D eigenvalue weighted by Crippen LogP contribution is -2.30. The molecule has 0 bridgehead atoms. The first kappa shape index (κ1) is 18.7. The van der Waals surface area contributed by atoms with Gasteiger partial charge in [0.2, 0.25) is 5.91 Å². The molecule has 0 fully saturated rings. The van der Waals surface area contributed by atoms with Gasteiger partial charge in [-0.15, -0.1) is 0 Å². The van der Waals surface area contributed by atoms with Crippen LogP contribution in [0.5, 0.6) is 5.75 Å². The molecule has 0 spiro atoms. The highest BCUT2D eigenvalue weighted by Gasteiger charge is 2.13. The van der Waals surface area contributed by atoms with E-state index in [4.69, 9.17) is 4.74 Å². The summed E-state index contributed by atoms with van der Waals surface area (Å²) in [6, 6.07) is 12.9. The molecule has 0 saturated carbocycles. The Labute approximate surface area is 159 Å².